The van der Waals surface area contributed by atoms with Gasteiger partial charge in [-0.2, -0.15) is 0 Å². The van der Waals surface area contributed by atoms with Crippen molar-refractivity contribution in [3.8, 4) is 5.75 Å². The van der Waals surface area contributed by atoms with Gasteiger partial charge in [0, 0.05) is 4.47 Å². The Morgan fingerprint density at radius 3 is 2.29 bits per heavy atom. The fourth-order valence-electron chi connectivity index (χ4n) is 2.29. The monoisotopic (exact) mass is 411 g/mol. The van der Waals surface area contributed by atoms with Gasteiger partial charge in [-0.05, 0) is 53.8 Å². The van der Waals surface area contributed by atoms with Gasteiger partial charge in [0.1, 0.15) is 10.6 Å². The first-order valence-electron chi connectivity index (χ1n) is 7.52. The molecular formula is C18H22BrNO3S. The van der Waals surface area contributed by atoms with E-state index in [2.05, 4.69) is 20.7 Å². The van der Waals surface area contributed by atoms with Crippen LogP contribution in [-0.2, 0) is 15.4 Å². The summed E-state index contributed by atoms with van der Waals surface area (Å²) in [6, 6.07) is 10.7. The molecule has 0 spiro atoms. The Bertz CT molecular complexity index is 855. The van der Waals surface area contributed by atoms with Gasteiger partial charge in [0.2, 0.25) is 0 Å². The van der Waals surface area contributed by atoms with E-state index in [1.165, 1.54) is 7.11 Å². The molecule has 0 unspecified atom stereocenters. The minimum Gasteiger partial charge on any atom is -0.495 e. The maximum atomic E-state index is 12.9. The number of rotatable bonds is 4. The fourth-order valence-corrected chi connectivity index (χ4v) is 4.10. The molecule has 2 rings (SSSR count). The number of nitrogens with one attached hydrogen (secondary N) is 1. The van der Waals surface area contributed by atoms with Crippen molar-refractivity contribution in [2.24, 2.45) is 0 Å². The largest absolute Gasteiger partial charge is 0.495 e. The SMILES string of the molecule is COc1ccc(C(C)(C)C)cc1S(=O)(=O)Nc1ccc(Br)cc1C. The Balaban J connectivity index is 2.51. The molecule has 0 aliphatic rings. The van der Waals surface area contributed by atoms with Gasteiger partial charge in [0.25, 0.3) is 10.0 Å². The summed E-state index contributed by atoms with van der Waals surface area (Å²) in [6.45, 7) is 7.97. The van der Waals surface area contributed by atoms with Crippen molar-refractivity contribution in [3.05, 3.63) is 52.0 Å². The molecule has 1 N–H and O–H groups in total. The normalized spacial score (nSPS) is 12.1. The standard InChI is InChI=1S/C18H22BrNO3S/c1-12-10-14(19)7-8-15(12)20-24(21,22)17-11-13(18(2,3)4)6-9-16(17)23-5/h6-11,20H,1-5H3. The molecule has 0 bridgehead atoms. The van der Waals surface area contributed by atoms with Crippen LogP contribution in [0.3, 0.4) is 0 Å². The molecule has 0 fully saturated rings. The molecule has 0 atom stereocenters. The second kappa shape index (κ2) is 6.76. The first kappa shape index (κ1) is 18.8. The molecule has 0 aliphatic heterocycles. The number of hydrogen-bond donors (Lipinski definition) is 1. The van der Waals surface area contributed by atoms with Crippen LogP contribution in [0, 0.1) is 6.92 Å². The highest BCUT2D eigenvalue weighted by Crippen LogP contribution is 2.32. The maximum Gasteiger partial charge on any atom is 0.265 e. The Hall–Kier alpha value is -1.53. The zero-order valence-electron chi connectivity index (χ0n) is 14.5. The molecule has 0 radical (unpaired) electrons. The van der Waals surface area contributed by atoms with Crippen molar-refractivity contribution in [1.29, 1.82) is 0 Å². The third-order valence-electron chi connectivity index (χ3n) is 3.75. The van der Waals surface area contributed by atoms with Crippen LogP contribution in [0.1, 0.15) is 31.9 Å². The van der Waals surface area contributed by atoms with E-state index >= 15 is 0 Å². The van der Waals surface area contributed by atoms with Crippen molar-refractivity contribution in [3.63, 3.8) is 0 Å². The van der Waals surface area contributed by atoms with E-state index in [1.807, 2.05) is 39.8 Å². The van der Waals surface area contributed by atoms with E-state index in [0.29, 0.717) is 11.4 Å². The van der Waals surface area contributed by atoms with Crippen LogP contribution in [0.25, 0.3) is 0 Å². The van der Waals surface area contributed by atoms with Crippen LogP contribution in [-0.4, -0.2) is 15.5 Å². The van der Waals surface area contributed by atoms with E-state index in [4.69, 9.17) is 4.74 Å². The molecule has 24 heavy (non-hydrogen) atoms. The van der Waals surface area contributed by atoms with Gasteiger partial charge in [0.05, 0.1) is 12.8 Å². The van der Waals surface area contributed by atoms with E-state index in [0.717, 1.165) is 15.6 Å². The topological polar surface area (TPSA) is 55.4 Å². The van der Waals surface area contributed by atoms with E-state index < -0.39 is 10.0 Å². The average molecular weight is 412 g/mol. The Morgan fingerprint density at radius 1 is 1.08 bits per heavy atom. The van der Waals surface area contributed by atoms with Crippen LogP contribution in [0.2, 0.25) is 0 Å². The van der Waals surface area contributed by atoms with Crippen molar-refractivity contribution in [1.82, 2.24) is 0 Å². The van der Waals surface area contributed by atoms with Gasteiger partial charge in [-0.1, -0.05) is 42.8 Å². The molecule has 2 aromatic rings. The van der Waals surface area contributed by atoms with Crippen LogP contribution in [0.15, 0.2) is 45.8 Å². The number of methoxy groups -OCH3 is 1. The molecule has 0 heterocycles. The number of halogens is 1. The lowest BCUT2D eigenvalue weighted by Gasteiger charge is -2.21. The highest BCUT2D eigenvalue weighted by molar-refractivity contribution is 9.10. The number of sulfonamides is 1. The highest BCUT2D eigenvalue weighted by Gasteiger charge is 2.24. The lowest BCUT2D eigenvalue weighted by molar-refractivity contribution is 0.402. The van der Waals surface area contributed by atoms with Crippen LogP contribution < -0.4 is 9.46 Å². The Kier molecular flexibility index (Phi) is 5.30. The summed E-state index contributed by atoms with van der Waals surface area (Å²) >= 11 is 3.38. The zero-order chi connectivity index (χ0) is 18.1. The molecule has 0 aromatic heterocycles. The molecule has 6 heteroatoms. The van der Waals surface area contributed by atoms with Gasteiger partial charge >= 0.3 is 0 Å². The Morgan fingerprint density at radius 2 is 1.75 bits per heavy atom. The molecule has 0 aliphatic carbocycles. The molecule has 2 aromatic carbocycles. The number of benzene rings is 2. The van der Waals surface area contributed by atoms with Crippen molar-refractivity contribution >= 4 is 31.6 Å². The first-order chi connectivity index (χ1) is 11.0. The summed E-state index contributed by atoms with van der Waals surface area (Å²) in [6.07, 6.45) is 0. The van der Waals surface area contributed by atoms with E-state index in [-0.39, 0.29) is 10.3 Å². The third-order valence-corrected chi connectivity index (χ3v) is 5.63. The first-order valence-corrected chi connectivity index (χ1v) is 9.80. The average Bonchev–Trinajstić information content (AvgIpc) is 2.48. The van der Waals surface area contributed by atoms with Crippen LogP contribution in [0.4, 0.5) is 5.69 Å². The lowest BCUT2D eigenvalue weighted by atomic mass is 9.87. The summed E-state index contributed by atoms with van der Waals surface area (Å²) in [5.41, 5.74) is 2.14. The molecule has 130 valence electrons. The van der Waals surface area contributed by atoms with Crippen molar-refractivity contribution in [2.75, 3.05) is 11.8 Å². The van der Waals surface area contributed by atoms with Crippen LogP contribution in [0.5, 0.6) is 5.75 Å². The minimum absolute atomic E-state index is 0.139. The van der Waals surface area contributed by atoms with Gasteiger partial charge < -0.3 is 4.74 Å². The number of ether oxygens (including phenoxy) is 1. The third kappa shape index (κ3) is 4.11. The summed E-state index contributed by atoms with van der Waals surface area (Å²) < 4.78 is 34.6. The molecule has 0 saturated carbocycles. The molecular weight excluding hydrogens is 390 g/mol. The fraction of sp³-hybridized carbons (Fsp3) is 0.333. The number of hydrogen-bond acceptors (Lipinski definition) is 3. The molecule has 0 amide bonds. The van der Waals surface area contributed by atoms with E-state index in [9.17, 15) is 8.42 Å². The van der Waals surface area contributed by atoms with Crippen molar-refractivity contribution in [2.45, 2.75) is 38.0 Å². The Labute approximate surface area is 152 Å². The summed E-state index contributed by atoms with van der Waals surface area (Å²) in [5, 5.41) is 0. The maximum absolute atomic E-state index is 12.9. The van der Waals surface area contributed by atoms with Gasteiger partial charge in [-0.3, -0.25) is 4.72 Å². The molecule has 4 nitrogen and oxygen atoms in total. The smallest absolute Gasteiger partial charge is 0.265 e. The summed E-state index contributed by atoms with van der Waals surface area (Å²) in [5.74, 6) is 0.324. The quantitative estimate of drug-likeness (QED) is 0.780. The zero-order valence-corrected chi connectivity index (χ0v) is 16.9. The van der Waals surface area contributed by atoms with Gasteiger partial charge in [-0.15, -0.1) is 0 Å². The number of anilines is 1. The predicted octanol–water partition coefficient (Wildman–Crippen LogP) is 4.86. The van der Waals surface area contributed by atoms with E-state index in [1.54, 1.807) is 24.3 Å². The summed E-state index contributed by atoms with van der Waals surface area (Å²) in [4.78, 5) is 0.139. The predicted molar refractivity (Wildman–Crippen MR) is 101 cm³/mol. The highest BCUT2D eigenvalue weighted by atomic mass is 79.9. The van der Waals surface area contributed by atoms with Crippen LogP contribution >= 0.6 is 15.9 Å². The number of aryl methyl sites for hydroxylation is 1. The summed E-state index contributed by atoms with van der Waals surface area (Å²) in [7, 11) is -2.30. The van der Waals surface area contributed by atoms with Gasteiger partial charge in [-0.25, -0.2) is 8.42 Å². The van der Waals surface area contributed by atoms with Crippen molar-refractivity contribution < 1.29 is 13.2 Å². The second-order valence-electron chi connectivity index (χ2n) is 6.68. The molecule has 0 saturated heterocycles. The minimum atomic E-state index is -3.76. The lowest BCUT2D eigenvalue weighted by Crippen LogP contribution is -2.17. The van der Waals surface area contributed by atoms with Gasteiger partial charge in [0.15, 0.2) is 0 Å². The second-order valence-corrected chi connectivity index (χ2v) is 9.25.